The number of nitrogens with zero attached hydrogens (tertiary/aromatic N) is 1. The first-order chi connectivity index (χ1) is 9.70. The molecular formula is C17H18ClNO. The van der Waals surface area contributed by atoms with Crippen molar-refractivity contribution in [3.8, 4) is 5.75 Å². The van der Waals surface area contributed by atoms with Gasteiger partial charge in [0.05, 0.1) is 0 Å². The summed E-state index contributed by atoms with van der Waals surface area (Å²) in [6.07, 6.45) is 0. The lowest BCUT2D eigenvalue weighted by molar-refractivity contribution is 0.219. The molecule has 0 radical (unpaired) electrons. The van der Waals surface area contributed by atoms with Crippen molar-refractivity contribution in [1.82, 2.24) is 4.90 Å². The molecule has 3 rings (SSSR count). The molecular weight excluding hydrogens is 270 g/mol. The van der Waals surface area contributed by atoms with Gasteiger partial charge in [-0.25, -0.2) is 0 Å². The SMILES string of the molecule is Cc1ccc2c(c1)CN(Cc1ccc(Cl)cc1)CCO2. The summed E-state index contributed by atoms with van der Waals surface area (Å²) in [4.78, 5) is 2.41. The molecule has 3 heteroatoms. The normalized spacial score (nSPS) is 15.3. The third-order valence-corrected chi connectivity index (χ3v) is 3.85. The molecule has 0 saturated carbocycles. The minimum atomic E-state index is 0.740. The Morgan fingerprint density at radius 2 is 1.95 bits per heavy atom. The molecule has 0 bridgehead atoms. The summed E-state index contributed by atoms with van der Waals surface area (Å²) < 4.78 is 5.83. The number of benzene rings is 2. The van der Waals surface area contributed by atoms with Crippen molar-refractivity contribution in [1.29, 1.82) is 0 Å². The highest BCUT2D eigenvalue weighted by Gasteiger charge is 2.15. The quantitative estimate of drug-likeness (QED) is 0.826. The molecule has 20 heavy (non-hydrogen) atoms. The number of hydrogen-bond acceptors (Lipinski definition) is 2. The minimum absolute atomic E-state index is 0.740. The van der Waals surface area contributed by atoms with E-state index in [4.69, 9.17) is 16.3 Å². The Morgan fingerprint density at radius 1 is 1.15 bits per heavy atom. The molecule has 0 aromatic heterocycles. The maximum atomic E-state index is 5.93. The first-order valence-corrected chi connectivity index (χ1v) is 7.27. The summed E-state index contributed by atoms with van der Waals surface area (Å²) in [6, 6.07) is 14.5. The predicted molar refractivity (Wildman–Crippen MR) is 82.2 cm³/mol. The van der Waals surface area contributed by atoms with Crippen LogP contribution in [0.2, 0.25) is 5.02 Å². The van der Waals surface area contributed by atoms with Gasteiger partial charge in [0, 0.05) is 30.2 Å². The molecule has 1 heterocycles. The van der Waals surface area contributed by atoms with Gasteiger partial charge in [0.25, 0.3) is 0 Å². The number of fused-ring (bicyclic) bond motifs is 1. The summed E-state index contributed by atoms with van der Waals surface area (Å²) >= 11 is 5.93. The lowest BCUT2D eigenvalue weighted by Gasteiger charge is -2.19. The summed E-state index contributed by atoms with van der Waals surface area (Å²) in [5.41, 5.74) is 3.84. The third kappa shape index (κ3) is 3.14. The van der Waals surface area contributed by atoms with E-state index in [1.54, 1.807) is 0 Å². The second-order valence-corrected chi connectivity index (χ2v) is 5.73. The van der Waals surface area contributed by atoms with E-state index in [0.29, 0.717) is 0 Å². The van der Waals surface area contributed by atoms with Crippen LogP contribution >= 0.6 is 11.6 Å². The number of hydrogen-bond donors (Lipinski definition) is 0. The van der Waals surface area contributed by atoms with Crippen LogP contribution in [0.25, 0.3) is 0 Å². The molecule has 0 amide bonds. The molecule has 104 valence electrons. The van der Waals surface area contributed by atoms with E-state index in [0.717, 1.165) is 37.0 Å². The molecule has 1 aliphatic heterocycles. The lowest BCUT2D eigenvalue weighted by Crippen LogP contribution is -2.25. The van der Waals surface area contributed by atoms with E-state index in [9.17, 15) is 0 Å². The Morgan fingerprint density at radius 3 is 2.75 bits per heavy atom. The van der Waals surface area contributed by atoms with Gasteiger partial charge < -0.3 is 4.74 Å². The van der Waals surface area contributed by atoms with Crippen LogP contribution in [0.15, 0.2) is 42.5 Å². The fourth-order valence-corrected chi connectivity index (χ4v) is 2.69. The summed E-state index contributed by atoms with van der Waals surface area (Å²) in [7, 11) is 0. The van der Waals surface area contributed by atoms with Crippen LogP contribution in [0.3, 0.4) is 0 Å². The topological polar surface area (TPSA) is 12.5 Å². The second kappa shape index (κ2) is 5.86. The number of halogens is 1. The Bertz CT molecular complexity index is 594. The van der Waals surface area contributed by atoms with Crippen LogP contribution < -0.4 is 4.74 Å². The van der Waals surface area contributed by atoms with Gasteiger partial charge in [0.15, 0.2) is 0 Å². The zero-order valence-electron chi connectivity index (χ0n) is 11.6. The zero-order valence-corrected chi connectivity index (χ0v) is 12.4. The van der Waals surface area contributed by atoms with Gasteiger partial charge in [0.1, 0.15) is 12.4 Å². The molecule has 0 spiro atoms. The molecule has 0 aliphatic carbocycles. The average Bonchev–Trinajstić information content (AvgIpc) is 2.62. The van der Waals surface area contributed by atoms with Crippen LogP contribution in [0.5, 0.6) is 5.75 Å². The van der Waals surface area contributed by atoms with Crippen molar-refractivity contribution in [3.63, 3.8) is 0 Å². The van der Waals surface area contributed by atoms with Crippen molar-refractivity contribution >= 4 is 11.6 Å². The maximum Gasteiger partial charge on any atom is 0.123 e. The fraction of sp³-hybridized carbons (Fsp3) is 0.294. The van der Waals surface area contributed by atoms with E-state index in [-0.39, 0.29) is 0 Å². The molecule has 0 atom stereocenters. The summed E-state index contributed by atoms with van der Waals surface area (Å²) in [5.74, 6) is 1.02. The van der Waals surface area contributed by atoms with E-state index < -0.39 is 0 Å². The van der Waals surface area contributed by atoms with E-state index in [2.05, 4.69) is 42.2 Å². The molecule has 2 aromatic rings. The van der Waals surface area contributed by atoms with Gasteiger partial charge in [-0.15, -0.1) is 0 Å². The average molecular weight is 288 g/mol. The van der Waals surface area contributed by atoms with E-state index >= 15 is 0 Å². The van der Waals surface area contributed by atoms with Gasteiger partial charge in [0.2, 0.25) is 0 Å². The van der Waals surface area contributed by atoms with Crippen LogP contribution in [-0.2, 0) is 13.1 Å². The van der Waals surface area contributed by atoms with Crippen molar-refractivity contribution in [3.05, 3.63) is 64.2 Å². The number of ether oxygens (including phenoxy) is 1. The van der Waals surface area contributed by atoms with Crippen LogP contribution in [0, 0.1) is 6.92 Å². The lowest BCUT2D eigenvalue weighted by atomic mass is 10.1. The molecule has 0 N–H and O–H groups in total. The molecule has 0 fully saturated rings. The number of rotatable bonds is 2. The predicted octanol–water partition coefficient (Wildman–Crippen LogP) is 4.04. The van der Waals surface area contributed by atoms with Gasteiger partial charge >= 0.3 is 0 Å². The van der Waals surface area contributed by atoms with Crippen molar-refractivity contribution in [2.45, 2.75) is 20.0 Å². The van der Waals surface area contributed by atoms with Gasteiger partial charge in [-0.05, 0) is 30.7 Å². The highest BCUT2D eigenvalue weighted by Crippen LogP contribution is 2.25. The first-order valence-electron chi connectivity index (χ1n) is 6.90. The third-order valence-electron chi connectivity index (χ3n) is 3.59. The highest BCUT2D eigenvalue weighted by atomic mass is 35.5. The molecule has 0 unspecified atom stereocenters. The zero-order chi connectivity index (χ0) is 13.9. The summed E-state index contributed by atoms with van der Waals surface area (Å²) in [6.45, 7) is 5.66. The minimum Gasteiger partial charge on any atom is -0.492 e. The molecule has 2 aromatic carbocycles. The van der Waals surface area contributed by atoms with Gasteiger partial charge in [-0.1, -0.05) is 41.4 Å². The Balaban J connectivity index is 1.76. The van der Waals surface area contributed by atoms with Crippen molar-refractivity contribution in [2.75, 3.05) is 13.2 Å². The molecule has 2 nitrogen and oxygen atoms in total. The Labute approximate surface area is 124 Å². The maximum absolute atomic E-state index is 5.93. The van der Waals surface area contributed by atoms with Gasteiger partial charge in [-0.2, -0.15) is 0 Å². The molecule has 0 saturated heterocycles. The van der Waals surface area contributed by atoms with Gasteiger partial charge in [-0.3, -0.25) is 4.90 Å². The second-order valence-electron chi connectivity index (χ2n) is 5.30. The molecule has 1 aliphatic rings. The number of aryl methyl sites for hydroxylation is 1. The smallest absolute Gasteiger partial charge is 0.123 e. The van der Waals surface area contributed by atoms with E-state index in [1.165, 1.54) is 16.7 Å². The monoisotopic (exact) mass is 287 g/mol. The fourth-order valence-electron chi connectivity index (χ4n) is 2.56. The van der Waals surface area contributed by atoms with E-state index in [1.807, 2.05) is 12.1 Å². The van der Waals surface area contributed by atoms with Crippen molar-refractivity contribution in [2.24, 2.45) is 0 Å². The largest absolute Gasteiger partial charge is 0.492 e. The first kappa shape index (κ1) is 13.5. The van der Waals surface area contributed by atoms with Crippen LogP contribution in [-0.4, -0.2) is 18.1 Å². The highest BCUT2D eigenvalue weighted by molar-refractivity contribution is 6.30. The summed E-state index contributed by atoms with van der Waals surface area (Å²) in [5, 5.41) is 0.786. The van der Waals surface area contributed by atoms with Crippen molar-refractivity contribution < 1.29 is 4.74 Å². The standard InChI is InChI=1S/C17H18ClNO/c1-13-2-7-17-15(10-13)12-19(8-9-20-17)11-14-3-5-16(18)6-4-14/h2-7,10H,8-9,11-12H2,1H3. The Hall–Kier alpha value is -1.51. The Kier molecular flexibility index (Phi) is 3.95. The van der Waals surface area contributed by atoms with Crippen LogP contribution in [0.1, 0.15) is 16.7 Å². The van der Waals surface area contributed by atoms with Crippen LogP contribution in [0.4, 0.5) is 0 Å².